The van der Waals surface area contributed by atoms with Crippen LogP contribution in [0.15, 0.2) is 0 Å². The molecule has 0 aliphatic heterocycles. The van der Waals surface area contributed by atoms with Gasteiger partial charge in [-0.3, -0.25) is 26.6 Å². The lowest BCUT2D eigenvalue weighted by Crippen LogP contribution is -2.45. The van der Waals surface area contributed by atoms with Crippen molar-refractivity contribution in [2.45, 2.75) is 73.3 Å². The highest BCUT2D eigenvalue weighted by Crippen LogP contribution is 2.31. The van der Waals surface area contributed by atoms with Crippen molar-refractivity contribution in [1.82, 2.24) is 15.0 Å². The number of hydrogen-bond donors (Lipinski definition) is 6. The topological polar surface area (TPSA) is 265 Å². The molecule has 17 nitrogen and oxygen atoms in total. The first-order valence-corrected chi connectivity index (χ1v) is 16.0. The first-order valence-electron chi connectivity index (χ1n) is 10.5. The largest absolute Gasteiger partial charge is 0.351 e. The first kappa shape index (κ1) is 30.4. The van der Waals surface area contributed by atoms with E-state index in [1.165, 1.54) is 0 Å². The zero-order valence-corrected chi connectivity index (χ0v) is 22.6. The summed E-state index contributed by atoms with van der Waals surface area (Å²) in [5, 5.41) is 2.62. The third-order valence-corrected chi connectivity index (χ3v) is 9.47. The summed E-state index contributed by atoms with van der Waals surface area (Å²) in [7, 11) is -9.17. The smallest absolute Gasteiger partial charge is 0.302 e. The van der Waals surface area contributed by atoms with E-state index in [1.54, 1.807) is 0 Å². The maximum absolute atomic E-state index is 11.8. The third-order valence-electron chi connectivity index (χ3n) is 5.91. The first-order chi connectivity index (χ1) is 17.1. The van der Waals surface area contributed by atoms with Crippen LogP contribution in [0.25, 0.3) is 0 Å². The van der Waals surface area contributed by atoms with Gasteiger partial charge in [-0.2, -0.15) is 40.2 Å². The fourth-order valence-electron chi connectivity index (χ4n) is 4.39. The molecule has 2 fully saturated rings. The quantitative estimate of drug-likeness (QED) is 0.147. The van der Waals surface area contributed by atoms with Gasteiger partial charge >= 0.3 is 22.7 Å². The zero-order valence-electron chi connectivity index (χ0n) is 18.6. The summed E-state index contributed by atoms with van der Waals surface area (Å²) < 4.78 is 115. The van der Waals surface area contributed by atoms with Gasteiger partial charge in [0, 0.05) is 12.1 Å². The molecule has 0 aromatic carbocycles. The normalized spacial score (nSPS) is 30.8. The molecule has 2 saturated carbocycles. The molecule has 8 atom stereocenters. The molecule has 0 bridgehead atoms. The van der Waals surface area contributed by atoms with Crippen LogP contribution < -0.4 is 10.6 Å². The molecule has 212 valence electrons. The molecule has 2 aliphatic carbocycles. The highest BCUT2D eigenvalue weighted by Gasteiger charge is 2.42. The molecular formula is C15H24ClN5O12S4. The van der Waals surface area contributed by atoms with Gasteiger partial charge in [-0.1, -0.05) is 0 Å². The summed E-state index contributed by atoms with van der Waals surface area (Å²) in [5.74, 6) is -0.122. The van der Waals surface area contributed by atoms with Crippen molar-refractivity contribution >= 4 is 66.5 Å². The third kappa shape index (κ3) is 8.95. The van der Waals surface area contributed by atoms with Gasteiger partial charge in [0.1, 0.15) is 10.5 Å². The lowest BCUT2D eigenvalue weighted by molar-refractivity contribution is 0.150. The van der Waals surface area contributed by atoms with Gasteiger partial charge in [0.25, 0.3) is 20.2 Å². The molecule has 2 aliphatic rings. The van der Waals surface area contributed by atoms with Gasteiger partial charge in [-0.15, -0.1) is 0 Å². The van der Waals surface area contributed by atoms with Crippen LogP contribution in [0.2, 0.25) is 5.28 Å². The number of anilines is 2. The Balaban J connectivity index is 1.70. The van der Waals surface area contributed by atoms with E-state index < -0.39 is 77.8 Å². The van der Waals surface area contributed by atoms with E-state index in [2.05, 4.69) is 25.6 Å². The molecule has 0 radical (unpaired) electrons. The average molecular weight is 630 g/mol. The summed E-state index contributed by atoms with van der Waals surface area (Å²) >= 11 is 0.461. The molecule has 1 aromatic rings. The molecule has 22 heteroatoms. The molecule has 1 heterocycles. The minimum atomic E-state index is -4.62. The lowest BCUT2D eigenvalue weighted by atomic mass is 9.92. The lowest BCUT2D eigenvalue weighted by Gasteiger charge is -2.34. The highest BCUT2D eigenvalue weighted by molar-refractivity contribution is 7.86. The van der Waals surface area contributed by atoms with Crippen LogP contribution in [0.1, 0.15) is 38.5 Å². The van der Waals surface area contributed by atoms with Gasteiger partial charge in [-0.25, -0.2) is 0 Å². The second-order valence-electron chi connectivity index (χ2n) is 8.37. The number of hydrogen-bond acceptors (Lipinski definition) is 13. The van der Waals surface area contributed by atoms with Crippen LogP contribution in [0, 0.1) is 0 Å². The summed E-state index contributed by atoms with van der Waals surface area (Å²) in [6, 6.07) is -1.15. The Morgan fingerprint density at radius 2 is 1.24 bits per heavy atom. The van der Waals surface area contributed by atoms with E-state index in [4.69, 9.17) is 29.1 Å². The van der Waals surface area contributed by atoms with Crippen LogP contribution in [-0.2, 0) is 51.3 Å². The fraction of sp³-hybridized carbons (Fsp3) is 0.800. The van der Waals surface area contributed by atoms with Gasteiger partial charge in [0.05, 0.1) is 12.2 Å². The standard InChI is InChI=1S/C15H24ClN5O12S4/c16-13-19-14(17-7-2-4-11(36(26,27)28)10(5-7)33-35(24)25)21-15(20-13)18-8-1-3-9(32-34(22)23)12(6-8)37(29,30)31/h7-12H,1-6H2,(H,22,23)(H,24,25)(H,26,27,28)(H,29,30,31)(H2,17,18,19,20,21). The van der Waals surface area contributed by atoms with Gasteiger partial charge < -0.3 is 10.6 Å². The number of rotatable bonds is 10. The van der Waals surface area contributed by atoms with Crippen LogP contribution in [-0.4, -0.2) is 93.2 Å². The van der Waals surface area contributed by atoms with Crippen molar-refractivity contribution in [3.05, 3.63) is 5.28 Å². The number of halogens is 1. The van der Waals surface area contributed by atoms with E-state index >= 15 is 0 Å². The summed E-state index contributed by atoms with van der Waals surface area (Å²) in [6.07, 6.45) is -2.44. The number of nitrogens with zero attached hydrogens (tertiary/aromatic N) is 3. The Labute approximate surface area is 222 Å². The van der Waals surface area contributed by atoms with Gasteiger partial charge in [-0.05, 0) is 50.1 Å². The van der Waals surface area contributed by atoms with E-state index in [0.717, 1.165) is 0 Å². The Morgan fingerprint density at radius 3 is 1.76 bits per heavy atom. The fourth-order valence-corrected chi connectivity index (χ4v) is 7.59. The SMILES string of the molecule is O=S(O)OC1CC(Nc2nc(Cl)nc(NC3CCC(OS(=O)O)C(S(=O)(=O)O)C3)n2)CCC1S(=O)(=O)O. The summed E-state index contributed by atoms with van der Waals surface area (Å²) in [4.78, 5) is 12.0. The predicted octanol–water partition coefficient (Wildman–Crippen LogP) is 0.0104. The minimum absolute atomic E-state index is 0.0168. The number of aromatic nitrogens is 3. The van der Waals surface area contributed by atoms with E-state index in [9.17, 15) is 34.4 Å². The minimum Gasteiger partial charge on any atom is -0.351 e. The second kappa shape index (κ2) is 12.4. The monoisotopic (exact) mass is 629 g/mol. The highest BCUT2D eigenvalue weighted by atomic mass is 35.5. The molecule has 0 saturated heterocycles. The molecular weight excluding hydrogens is 606 g/mol. The maximum atomic E-state index is 11.8. The molecule has 3 rings (SSSR count). The Bertz CT molecular complexity index is 1240. The molecule has 0 amide bonds. The summed E-state index contributed by atoms with van der Waals surface area (Å²) in [5.41, 5.74) is 0. The van der Waals surface area contributed by atoms with Crippen molar-refractivity contribution in [2.24, 2.45) is 0 Å². The Hall–Kier alpha value is -1.14. The molecule has 8 unspecified atom stereocenters. The van der Waals surface area contributed by atoms with Crippen LogP contribution in [0.5, 0.6) is 0 Å². The molecule has 1 aromatic heterocycles. The zero-order chi connectivity index (χ0) is 27.5. The van der Waals surface area contributed by atoms with Crippen LogP contribution in [0.4, 0.5) is 11.9 Å². The Morgan fingerprint density at radius 1 is 0.757 bits per heavy atom. The molecule has 6 N–H and O–H groups in total. The van der Waals surface area contributed by atoms with E-state index in [0.29, 0.717) is 0 Å². The predicted molar refractivity (Wildman–Crippen MR) is 129 cm³/mol. The summed E-state index contributed by atoms with van der Waals surface area (Å²) in [6.45, 7) is 0. The van der Waals surface area contributed by atoms with Crippen molar-refractivity contribution < 1.29 is 51.8 Å². The Kier molecular flexibility index (Phi) is 10.2. The van der Waals surface area contributed by atoms with Gasteiger partial charge in [0.15, 0.2) is 0 Å². The molecule has 0 spiro atoms. The van der Waals surface area contributed by atoms with Crippen LogP contribution in [0.3, 0.4) is 0 Å². The van der Waals surface area contributed by atoms with Crippen LogP contribution >= 0.6 is 11.6 Å². The maximum Gasteiger partial charge on any atom is 0.302 e. The molecule has 37 heavy (non-hydrogen) atoms. The number of nitrogens with one attached hydrogen (secondary N) is 2. The van der Waals surface area contributed by atoms with Crippen molar-refractivity contribution in [1.29, 1.82) is 0 Å². The van der Waals surface area contributed by atoms with E-state index in [-0.39, 0.29) is 55.7 Å². The van der Waals surface area contributed by atoms with Crippen molar-refractivity contribution in [3.8, 4) is 0 Å². The second-order valence-corrected chi connectivity index (χ2v) is 13.2. The van der Waals surface area contributed by atoms with Crippen molar-refractivity contribution in [2.75, 3.05) is 10.6 Å². The van der Waals surface area contributed by atoms with Gasteiger partial charge in [0.2, 0.25) is 17.2 Å². The van der Waals surface area contributed by atoms with Crippen molar-refractivity contribution in [3.63, 3.8) is 0 Å². The average Bonchev–Trinajstić information content (AvgIpc) is 2.72. The van der Waals surface area contributed by atoms with E-state index in [1.807, 2.05) is 0 Å².